The second-order valence-electron chi connectivity index (χ2n) is 4.55. The van der Waals surface area contributed by atoms with E-state index in [0.29, 0.717) is 18.9 Å². The molecule has 0 bridgehead atoms. The number of hydrogen-bond acceptors (Lipinski definition) is 4. The van der Waals surface area contributed by atoms with E-state index in [4.69, 9.17) is 0 Å². The average Bonchev–Trinajstić information content (AvgIpc) is 2.80. The molecule has 0 amide bonds. The molecule has 1 aromatic rings. The van der Waals surface area contributed by atoms with E-state index in [0.717, 1.165) is 25.1 Å². The lowest BCUT2D eigenvalue weighted by Crippen LogP contribution is -2.29. The molecule has 0 saturated carbocycles. The number of nitrogens with zero attached hydrogens (tertiary/aromatic N) is 2. The van der Waals surface area contributed by atoms with Crippen molar-refractivity contribution in [3.8, 4) is 0 Å². The molecule has 20 heavy (non-hydrogen) atoms. The summed E-state index contributed by atoms with van der Waals surface area (Å²) in [5.74, 6) is 0.712. The van der Waals surface area contributed by atoms with Crippen molar-refractivity contribution in [3.63, 3.8) is 0 Å². The van der Waals surface area contributed by atoms with Gasteiger partial charge in [0, 0.05) is 25.8 Å². The highest BCUT2D eigenvalue weighted by Crippen LogP contribution is 2.10. The Labute approximate surface area is 126 Å². The maximum Gasteiger partial charge on any atom is 0.259 e. The maximum atomic E-state index is 12.1. The lowest BCUT2D eigenvalue weighted by Gasteiger charge is -2.14. The lowest BCUT2D eigenvalue weighted by atomic mass is 10.1. The van der Waals surface area contributed by atoms with E-state index < -0.39 is 10.0 Å². The number of hydrogen-bond donors (Lipinski definition) is 2. The highest BCUT2D eigenvalue weighted by atomic mass is 35.5. The number of imidazole rings is 1. The van der Waals surface area contributed by atoms with Crippen molar-refractivity contribution < 1.29 is 8.42 Å². The van der Waals surface area contributed by atoms with Gasteiger partial charge in [-0.3, -0.25) is 0 Å². The minimum Gasteiger partial charge on any atom is -0.334 e. The van der Waals surface area contributed by atoms with Crippen LogP contribution in [0.15, 0.2) is 22.9 Å². The van der Waals surface area contributed by atoms with Crippen LogP contribution in [0.4, 0.5) is 0 Å². The Morgan fingerprint density at radius 3 is 2.80 bits per heavy atom. The van der Waals surface area contributed by atoms with Gasteiger partial charge in [0.1, 0.15) is 5.82 Å². The van der Waals surface area contributed by atoms with Crippen LogP contribution in [-0.4, -0.2) is 37.6 Å². The molecule has 1 aliphatic rings. The van der Waals surface area contributed by atoms with Gasteiger partial charge in [-0.15, -0.1) is 12.4 Å². The molecule has 2 rings (SSSR count). The second-order valence-corrected chi connectivity index (χ2v) is 6.27. The fourth-order valence-electron chi connectivity index (χ4n) is 2.02. The van der Waals surface area contributed by atoms with Gasteiger partial charge in [0.15, 0.2) is 5.03 Å². The first-order valence-electron chi connectivity index (χ1n) is 6.45. The van der Waals surface area contributed by atoms with E-state index in [1.807, 2.05) is 17.6 Å². The molecule has 0 saturated heterocycles. The summed E-state index contributed by atoms with van der Waals surface area (Å²) in [4.78, 5) is 4.10. The Kier molecular flexibility index (Phi) is 6.19. The largest absolute Gasteiger partial charge is 0.334 e. The summed E-state index contributed by atoms with van der Waals surface area (Å²) in [5, 5.41) is 3.29. The van der Waals surface area contributed by atoms with Crippen LogP contribution in [0.2, 0.25) is 0 Å². The Balaban J connectivity index is 0.00000200. The van der Waals surface area contributed by atoms with Crippen molar-refractivity contribution in [2.24, 2.45) is 0 Å². The standard InChI is InChI=1S/C12H20N4O2S.ClH/c1-3-16-9-12(15-10(16)2)19(17,18)14-8-11-4-6-13-7-5-11;/h4,9,13-14H,3,5-8H2,1-2H3;1H. The zero-order valence-corrected chi connectivity index (χ0v) is 13.4. The van der Waals surface area contributed by atoms with Gasteiger partial charge in [-0.25, -0.2) is 18.1 Å². The third-order valence-electron chi connectivity index (χ3n) is 3.22. The first kappa shape index (κ1) is 17.2. The monoisotopic (exact) mass is 320 g/mol. The lowest BCUT2D eigenvalue weighted by molar-refractivity contribution is 0.578. The summed E-state index contributed by atoms with van der Waals surface area (Å²) in [6.45, 7) is 6.54. The molecule has 0 aromatic carbocycles. The van der Waals surface area contributed by atoms with E-state index in [-0.39, 0.29) is 17.4 Å². The predicted octanol–water partition coefficient (Wildman–Crippen LogP) is 0.831. The molecule has 2 N–H and O–H groups in total. The summed E-state index contributed by atoms with van der Waals surface area (Å²) < 4.78 is 28.7. The van der Waals surface area contributed by atoms with Crippen molar-refractivity contribution in [3.05, 3.63) is 23.7 Å². The second kappa shape index (κ2) is 7.21. The SMILES string of the molecule is CCn1cc(S(=O)(=O)NCC2=CCNCC2)nc1C.Cl. The summed E-state index contributed by atoms with van der Waals surface area (Å²) >= 11 is 0. The number of sulfonamides is 1. The van der Waals surface area contributed by atoms with Gasteiger partial charge in [0.2, 0.25) is 0 Å². The van der Waals surface area contributed by atoms with E-state index in [1.165, 1.54) is 0 Å². The van der Waals surface area contributed by atoms with Gasteiger partial charge in [-0.1, -0.05) is 11.6 Å². The highest BCUT2D eigenvalue weighted by molar-refractivity contribution is 7.89. The van der Waals surface area contributed by atoms with Crippen molar-refractivity contribution in [2.45, 2.75) is 31.8 Å². The number of nitrogens with one attached hydrogen (secondary N) is 2. The van der Waals surface area contributed by atoms with Crippen molar-refractivity contribution >= 4 is 22.4 Å². The van der Waals surface area contributed by atoms with Crippen molar-refractivity contribution in [2.75, 3.05) is 19.6 Å². The topological polar surface area (TPSA) is 76.0 Å². The predicted molar refractivity (Wildman–Crippen MR) is 80.6 cm³/mol. The van der Waals surface area contributed by atoms with Crippen molar-refractivity contribution in [1.82, 2.24) is 19.6 Å². The molecular formula is C12H21ClN4O2S. The first-order chi connectivity index (χ1) is 9.03. The summed E-state index contributed by atoms with van der Waals surface area (Å²) in [7, 11) is -3.51. The zero-order chi connectivity index (χ0) is 13.9. The first-order valence-corrected chi connectivity index (χ1v) is 7.93. The number of halogens is 1. The Hall–Kier alpha value is -0.890. The van der Waals surface area contributed by atoms with Crippen LogP contribution in [-0.2, 0) is 16.6 Å². The minimum atomic E-state index is -3.51. The van der Waals surface area contributed by atoms with Crippen molar-refractivity contribution in [1.29, 1.82) is 0 Å². The quantitative estimate of drug-likeness (QED) is 0.788. The molecule has 0 unspecified atom stereocenters. The van der Waals surface area contributed by atoms with Crippen LogP contribution in [0.5, 0.6) is 0 Å². The van der Waals surface area contributed by atoms with Gasteiger partial charge < -0.3 is 9.88 Å². The fourth-order valence-corrected chi connectivity index (χ4v) is 3.06. The van der Waals surface area contributed by atoms with Gasteiger partial charge in [-0.05, 0) is 26.8 Å². The highest BCUT2D eigenvalue weighted by Gasteiger charge is 2.19. The van der Waals surface area contributed by atoms with E-state index in [1.54, 1.807) is 13.1 Å². The molecule has 1 aliphatic heterocycles. The molecule has 0 atom stereocenters. The minimum absolute atomic E-state index is 0. The van der Waals surface area contributed by atoms with Crippen LogP contribution < -0.4 is 10.0 Å². The van der Waals surface area contributed by atoms with E-state index >= 15 is 0 Å². The van der Waals surface area contributed by atoms with Crippen LogP contribution in [0.1, 0.15) is 19.2 Å². The molecule has 0 aliphatic carbocycles. The zero-order valence-electron chi connectivity index (χ0n) is 11.7. The summed E-state index contributed by atoms with van der Waals surface area (Å²) in [5.41, 5.74) is 1.12. The summed E-state index contributed by atoms with van der Waals surface area (Å²) in [6, 6.07) is 0. The average molecular weight is 321 g/mol. The van der Waals surface area contributed by atoms with Crippen LogP contribution in [0.3, 0.4) is 0 Å². The normalized spacial score (nSPS) is 15.6. The molecule has 8 heteroatoms. The molecule has 0 fully saturated rings. The number of aryl methyl sites for hydroxylation is 2. The van der Waals surface area contributed by atoms with E-state index in [2.05, 4.69) is 15.0 Å². The third-order valence-corrected chi connectivity index (χ3v) is 4.49. The Bertz CT molecular complexity index is 580. The molecule has 2 heterocycles. The Morgan fingerprint density at radius 2 is 2.25 bits per heavy atom. The smallest absolute Gasteiger partial charge is 0.259 e. The molecule has 114 valence electrons. The third kappa shape index (κ3) is 4.05. The van der Waals surface area contributed by atoms with Gasteiger partial charge >= 0.3 is 0 Å². The fraction of sp³-hybridized carbons (Fsp3) is 0.583. The molecular weight excluding hydrogens is 300 g/mol. The number of rotatable bonds is 5. The van der Waals surface area contributed by atoms with Gasteiger partial charge in [0.25, 0.3) is 10.0 Å². The van der Waals surface area contributed by atoms with Crippen LogP contribution in [0, 0.1) is 6.92 Å². The molecule has 0 spiro atoms. The number of aromatic nitrogens is 2. The Morgan fingerprint density at radius 1 is 1.50 bits per heavy atom. The van der Waals surface area contributed by atoms with Crippen LogP contribution in [0.25, 0.3) is 0 Å². The van der Waals surface area contributed by atoms with Crippen LogP contribution >= 0.6 is 12.4 Å². The molecule has 1 aromatic heterocycles. The molecule has 0 radical (unpaired) electrons. The van der Waals surface area contributed by atoms with Gasteiger partial charge in [-0.2, -0.15) is 0 Å². The van der Waals surface area contributed by atoms with Gasteiger partial charge in [0.05, 0.1) is 0 Å². The molecule has 6 nitrogen and oxygen atoms in total. The van der Waals surface area contributed by atoms with E-state index in [9.17, 15) is 8.42 Å². The maximum absolute atomic E-state index is 12.1. The summed E-state index contributed by atoms with van der Waals surface area (Å²) in [6.07, 6.45) is 4.49.